The second kappa shape index (κ2) is 4.41. The van der Waals surface area contributed by atoms with Crippen LogP contribution in [0.5, 0.6) is 0 Å². The van der Waals surface area contributed by atoms with E-state index in [4.69, 9.17) is 11.6 Å². The molecular weight excluding hydrogens is 228 g/mol. The number of rotatable bonds is 3. The maximum Gasteiger partial charge on any atom is 0.240 e. The molecule has 0 spiro atoms. The Morgan fingerprint density at radius 2 is 2.38 bits per heavy atom. The molecule has 1 aliphatic rings. The average Bonchev–Trinajstić information content (AvgIpc) is 2.81. The van der Waals surface area contributed by atoms with E-state index in [1.54, 1.807) is 18.9 Å². The molecule has 0 fully saturated rings. The summed E-state index contributed by atoms with van der Waals surface area (Å²) in [6, 6.07) is 0. The smallest absolute Gasteiger partial charge is 0.240 e. The van der Waals surface area contributed by atoms with Gasteiger partial charge in [-0.05, 0) is 13.3 Å². The zero-order valence-electron chi connectivity index (χ0n) is 9.48. The molecule has 0 radical (unpaired) electrons. The zero-order chi connectivity index (χ0) is 11.7. The topological polar surface area (TPSA) is 51.0 Å². The first-order valence-corrected chi connectivity index (χ1v) is 5.83. The maximum atomic E-state index is 11.6. The highest BCUT2D eigenvalue weighted by Gasteiger charge is 2.21. The Bertz CT molecular complexity index is 402. The minimum Gasteiger partial charge on any atom is -0.337 e. The monoisotopic (exact) mass is 242 g/mol. The van der Waals surface area contributed by atoms with Gasteiger partial charge in [-0.25, -0.2) is 0 Å². The minimum atomic E-state index is -0.494. The molecule has 2 heterocycles. The van der Waals surface area contributed by atoms with Gasteiger partial charge in [0.1, 0.15) is 11.2 Å². The first kappa shape index (κ1) is 11.4. The van der Waals surface area contributed by atoms with Crippen LogP contribution in [0.2, 0.25) is 0 Å². The molecular formula is C10H15ClN4O. The molecule has 16 heavy (non-hydrogen) atoms. The van der Waals surface area contributed by atoms with E-state index in [-0.39, 0.29) is 5.91 Å². The Kier molecular flexibility index (Phi) is 3.14. The van der Waals surface area contributed by atoms with Crippen LogP contribution in [0.1, 0.15) is 25.0 Å². The number of fused-ring (bicyclic) bond motifs is 1. The summed E-state index contributed by atoms with van der Waals surface area (Å²) in [4.78, 5) is 13.2. The zero-order valence-corrected chi connectivity index (χ0v) is 10.2. The van der Waals surface area contributed by atoms with Gasteiger partial charge in [0.25, 0.3) is 0 Å². The molecule has 1 atom stereocenters. The van der Waals surface area contributed by atoms with Gasteiger partial charge in [-0.1, -0.05) is 0 Å². The van der Waals surface area contributed by atoms with Gasteiger partial charge in [0.15, 0.2) is 5.82 Å². The summed E-state index contributed by atoms with van der Waals surface area (Å²) in [6.45, 7) is 3.10. The fourth-order valence-corrected chi connectivity index (χ4v) is 2.09. The van der Waals surface area contributed by atoms with Crippen LogP contribution in [0.25, 0.3) is 0 Å². The predicted octanol–water partition coefficient (Wildman–Crippen LogP) is 0.810. The Balaban J connectivity index is 2.07. The van der Waals surface area contributed by atoms with E-state index in [0.717, 1.165) is 31.0 Å². The Labute approximate surface area is 99.4 Å². The van der Waals surface area contributed by atoms with Crippen molar-refractivity contribution in [3.63, 3.8) is 0 Å². The van der Waals surface area contributed by atoms with Crippen molar-refractivity contribution in [1.82, 2.24) is 19.7 Å². The van der Waals surface area contributed by atoms with Gasteiger partial charge < -0.3 is 9.47 Å². The van der Waals surface area contributed by atoms with Crippen LogP contribution < -0.4 is 0 Å². The normalized spacial score (nSPS) is 15.9. The lowest BCUT2D eigenvalue weighted by molar-refractivity contribution is -0.129. The number of carbonyl (C=O) groups is 1. The number of hydrogen-bond acceptors (Lipinski definition) is 3. The number of amides is 1. The van der Waals surface area contributed by atoms with E-state index in [2.05, 4.69) is 14.8 Å². The molecule has 0 saturated heterocycles. The summed E-state index contributed by atoms with van der Waals surface area (Å²) < 4.78 is 2.09. The van der Waals surface area contributed by atoms with Gasteiger partial charge in [0.2, 0.25) is 5.91 Å². The van der Waals surface area contributed by atoms with Crippen LogP contribution in [-0.2, 0) is 24.3 Å². The van der Waals surface area contributed by atoms with E-state index in [0.29, 0.717) is 6.54 Å². The Hall–Kier alpha value is -1.10. The van der Waals surface area contributed by atoms with Crippen LogP contribution in [0.4, 0.5) is 0 Å². The number of hydrogen-bond donors (Lipinski definition) is 0. The first-order valence-electron chi connectivity index (χ1n) is 5.39. The van der Waals surface area contributed by atoms with Crippen LogP contribution in [0.3, 0.4) is 0 Å². The molecule has 1 aromatic rings. The van der Waals surface area contributed by atoms with Gasteiger partial charge >= 0.3 is 0 Å². The minimum absolute atomic E-state index is 0.0861. The number of aryl methyl sites for hydroxylation is 1. The highest BCUT2D eigenvalue weighted by molar-refractivity contribution is 6.30. The van der Waals surface area contributed by atoms with E-state index < -0.39 is 5.38 Å². The number of aromatic nitrogens is 3. The third kappa shape index (κ3) is 2.04. The molecule has 88 valence electrons. The second-order valence-corrected chi connectivity index (χ2v) is 4.75. The molecule has 0 aromatic carbocycles. The van der Waals surface area contributed by atoms with Crippen molar-refractivity contribution in [2.45, 2.75) is 38.2 Å². The van der Waals surface area contributed by atoms with Gasteiger partial charge in [-0.2, -0.15) is 0 Å². The summed E-state index contributed by atoms with van der Waals surface area (Å²) in [6.07, 6.45) is 2.10. The summed E-state index contributed by atoms with van der Waals surface area (Å²) in [5, 5.41) is 7.70. The average molecular weight is 243 g/mol. The summed E-state index contributed by atoms with van der Waals surface area (Å²) >= 11 is 5.75. The first-order chi connectivity index (χ1) is 7.59. The fraction of sp³-hybridized carbons (Fsp3) is 0.700. The predicted molar refractivity (Wildman–Crippen MR) is 60.1 cm³/mol. The van der Waals surface area contributed by atoms with Crippen LogP contribution in [-0.4, -0.2) is 38.0 Å². The molecule has 0 bridgehead atoms. The molecule has 1 aromatic heterocycles. The van der Waals surface area contributed by atoms with Crippen molar-refractivity contribution in [1.29, 1.82) is 0 Å². The molecule has 2 rings (SSSR count). The van der Waals surface area contributed by atoms with Crippen LogP contribution >= 0.6 is 11.6 Å². The Morgan fingerprint density at radius 3 is 3.06 bits per heavy atom. The van der Waals surface area contributed by atoms with Gasteiger partial charge in [-0.15, -0.1) is 21.8 Å². The molecule has 1 amide bonds. The lowest BCUT2D eigenvalue weighted by atomic mass is 10.4. The highest BCUT2D eigenvalue weighted by atomic mass is 35.5. The van der Waals surface area contributed by atoms with Crippen LogP contribution in [0, 0.1) is 0 Å². The van der Waals surface area contributed by atoms with Crippen molar-refractivity contribution >= 4 is 17.5 Å². The van der Waals surface area contributed by atoms with Gasteiger partial charge in [0, 0.05) is 20.0 Å². The number of halogens is 1. The summed E-state index contributed by atoms with van der Waals surface area (Å²) in [7, 11) is 1.73. The molecule has 1 unspecified atom stereocenters. The fourth-order valence-electron chi connectivity index (χ4n) is 1.92. The molecule has 0 aliphatic carbocycles. The number of alkyl halides is 1. The SMILES string of the molecule is CC(Cl)C(=O)N(C)Cc1nnc2n1CCC2. The van der Waals surface area contributed by atoms with Gasteiger partial charge in [-0.3, -0.25) is 4.79 Å². The third-order valence-corrected chi connectivity index (χ3v) is 2.97. The largest absolute Gasteiger partial charge is 0.337 e. The Morgan fingerprint density at radius 1 is 1.62 bits per heavy atom. The van der Waals surface area contributed by atoms with E-state index in [9.17, 15) is 4.79 Å². The lowest BCUT2D eigenvalue weighted by Gasteiger charge is -2.17. The number of carbonyl (C=O) groups excluding carboxylic acids is 1. The summed E-state index contributed by atoms with van der Waals surface area (Å²) in [5.74, 6) is 1.78. The van der Waals surface area contributed by atoms with Crippen LogP contribution in [0.15, 0.2) is 0 Å². The molecule has 0 saturated carbocycles. The van der Waals surface area contributed by atoms with Crippen molar-refractivity contribution < 1.29 is 4.79 Å². The molecule has 0 N–H and O–H groups in total. The second-order valence-electron chi connectivity index (χ2n) is 4.10. The van der Waals surface area contributed by atoms with Gasteiger partial charge in [0.05, 0.1) is 6.54 Å². The molecule has 5 nitrogen and oxygen atoms in total. The number of nitrogens with zero attached hydrogens (tertiary/aromatic N) is 4. The highest BCUT2D eigenvalue weighted by Crippen LogP contribution is 2.15. The third-order valence-electron chi connectivity index (χ3n) is 2.78. The van der Waals surface area contributed by atoms with Crippen molar-refractivity contribution in [3.8, 4) is 0 Å². The van der Waals surface area contributed by atoms with E-state index >= 15 is 0 Å². The van der Waals surface area contributed by atoms with E-state index in [1.165, 1.54) is 0 Å². The molecule has 6 heteroatoms. The summed E-state index contributed by atoms with van der Waals surface area (Å²) in [5.41, 5.74) is 0. The van der Waals surface area contributed by atoms with E-state index in [1.807, 2.05) is 0 Å². The van der Waals surface area contributed by atoms with Crippen molar-refractivity contribution in [2.75, 3.05) is 7.05 Å². The molecule has 1 aliphatic heterocycles. The lowest BCUT2D eigenvalue weighted by Crippen LogP contribution is -2.32. The standard InChI is InChI=1S/C10H15ClN4O/c1-7(11)10(16)14(2)6-9-13-12-8-4-3-5-15(8)9/h7H,3-6H2,1-2H3. The maximum absolute atomic E-state index is 11.6. The van der Waals surface area contributed by atoms with Crippen molar-refractivity contribution in [3.05, 3.63) is 11.6 Å². The van der Waals surface area contributed by atoms with Crippen molar-refractivity contribution in [2.24, 2.45) is 0 Å². The quantitative estimate of drug-likeness (QED) is 0.737.